The molecule has 0 radical (unpaired) electrons. The third-order valence-corrected chi connectivity index (χ3v) is 4.86. The van der Waals surface area contributed by atoms with Crippen molar-refractivity contribution in [3.05, 3.63) is 53.3 Å². The zero-order valence-electron chi connectivity index (χ0n) is 13.9. The number of rotatable bonds is 6. The molecule has 6 heteroatoms. The molecule has 0 spiro atoms. The second kappa shape index (κ2) is 7.97. The first-order chi connectivity index (χ1) is 11.4. The average Bonchev–Trinajstić information content (AvgIpc) is 2.57. The van der Waals surface area contributed by atoms with Gasteiger partial charge in [-0.2, -0.15) is 0 Å². The summed E-state index contributed by atoms with van der Waals surface area (Å²) in [6.07, 6.45) is 2.41. The van der Waals surface area contributed by atoms with Crippen molar-refractivity contribution in [2.24, 2.45) is 0 Å². The van der Waals surface area contributed by atoms with E-state index >= 15 is 0 Å². The van der Waals surface area contributed by atoms with Gasteiger partial charge in [-0.15, -0.1) is 11.8 Å². The summed E-state index contributed by atoms with van der Waals surface area (Å²) < 4.78 is 0. The number of benzene rings is 1. The van der Waals surface area contributed by atoms with Crippen molar-refractivity contribution in [3.63, 3.8) is 0 Å². The molecule has 0 aliphatic rings. The molecule has 1 unspecified atom stereocenters. The van der Waals surface area contributed by atoms with Crippen LogP contribution < -0.4 is 5.32 Å². The first kappa shape index (κ1) is 18.0. The van der Waals surface area contributed by atoms with Crippen LogP contribution in [0.25, 0.3) is 0 Å². The van der Waals surface area contributed by atoms with Gasteiger partial charge in [0.2, 0.25) is 0 Å². The lowest BCUT2D eigenvalue weighted by Crippen LogP contribution is -2.14. The third-order valence-electron chi connectivity index (χ3n) is 3.60. The Morgan fingerprint density at radius 1 is 1.29 bits per heavy atom. The van der Waals surface area contributed by atoms with Crippen LogP contribution in [0, 0.1) is 6.92 Å². The van der Waals surface area contributed by atoms with Crippen molar-refractivity contribution in [1.29, 1.82) is 0 Å². The molecule has 0 bridgehead atoms. The molecule has 0 aliphatic carbocycles. The van der Waals surface area contributed by atoms with Gasteiger partial charge < -0.3 is 10.4 Å². The van der Waals surface area contributed by atoms with Gasteiger partial charge in [-0.25, -0.2) is 9.78 Å². The molecule has 0 saturated carbocycles. The summed E-state index contributed by atoms with van der Waals surface area (Å²) in [7, 11) is 0. The van der Waals surface area contributed by atoms with Crippen molar-refractivity contribution in [2.75, 3.05) is 5.32 Å². The maximum absolute atomic E-state index is 12.3. The number of aromatic nitrogens is 1. The van der Waals surface area contributed by atoms with E-state index in [-0.39, 0.29) is 17.2 Å². The third kappa shape index (κ3) is 4.58. The van der Waals surface area contributed by atoms with Crippen molar-refractivity contribution in [1.82, 2.24) is 4.98 Å². The van der Waals surface area contributed by atoms with Crippen LogP contribution in [0.1, 0.15) is 46.7 Å². The van der Waals surface area contributed by atoms with Gasteiger partial charge in [0, 0.05) is 27.6 Å². The number of carbonyl (C=O) groups is 2. The normalized spacial score (nSPS) is 11.8. The number of hydrogen-bond donors (Lipinski definition) is 2. The van der Waals surface area contributed by atoms with Gasteiger partial charge in [-0.05, 0) is 49.2 Å². The van der Waals surface area contributed by atoms with Crippen LogP contribution in [0.5, 0.6) is 0 Å². The molecule has 0 saturated heterocycles. The topological polar surface area (TPSA) is 79.3 Å². The zero-order chi connectivity index (χ0) is 17.7. The number of aryl methyl sites for hydroxylation is 1. The van der Waals surface area contributed by atoms with Crippen LogP contribution in [0.3, 0.4) is 0 Å². The fraction of sp³-hybridized carbons (Fsp3) is 0.278. The highest BCUT2D eigenvalue weighted by molar-refractivity contribution is 7.99. The van der Waals surface area contributed by atoms with Crippen LogP contribution in [-0.2, 0) is 0 Å². The lowest BCUT2D eigenvalue weighted by molar-refractivity contribution is 0.0690. The van der Waals surface area contributed by atoms with E-state index in [2.05, 4.69) is 24.1 Å². The highest BCUT2D eigenvalue weighted by Crippen LogP contribution is 2.28. The first-order valence-electron chi connectivity index (χ1n) is 7.68. The minimum absolute atomic E-state index is 0.153. The number of aromatic carboxylic acids is 1. The summed E-state index contributed by atoms with van der Waals surface area (Å²) in [5, 5.41) is 12.3. The van der Waals surface area contributed by atoms with Crippen LogP contribution in [-0.4, -0.2) is 27.2 Å². The number of amides is 1. The predicted molar refractivity (Wildman–Crippen MR) is 95.9 cm³/mol. The SMILES string of the molecule is CCC(C)Sc1ccc(NC(=O)c2ccnc(C(=O)O)c2)c(C)c1. The predicted octanol–water partition coefficient (Wildman–Crippen LogP) is 4.23. The Labute approximate surface area is 145 Å². The number of carboxylic acids is 1. The number of hydrogen-bond acceptors (Lipinski definition) is 4. The molecule has 2 aromatic rings. The van der Waals surface area contributed by atoms with E-state index in [1.165, 1.54) is 18.3 Å². The van der Waals surface area contributed by atoms with E-state index in [0.29, 0.717) is 10.9 Å². The van der Waals surface area contributed by atoms with Gasteiger partial charge >= 0.3 is 5.97 Å². The molecule has 126 valence electrons. The Bertz CT molecular complexity index is 762. The number of nitrogens with one attached hydrogen (secondary N) is 1. The number of pyridine rings is 1. The minimum atomic E-state index is -1.16. The van der Waals surface area contributed by atoms with Crippen LogP contribution in [0.15, 0.2) is 41.4 Å². The fourth-order valence-corrected chi connectivity index (χ4v) is 3.07. The maximum atomic E-state index is 12.3. The second-order valence-electron chi connectivity index (χ2n) is 5.50. The molecule has 1 atom stereocenters. The maximum Gasteiger partial charge on any atom is 0.354 e. The van der Waals surface area contributed by atoms with Crippen molar-refractivity contribution in [3.8, 4) is 0 Å². The molecular weight excluding hydrogens is 324 g/mol. The summed E-state index contributed by atoms with van der Waals surface area (Å²) in [5.74, 6) is -1.52. The van der Waals surface area contributed by atoms with Gasteiger partial charge in [-0.1, -0.05) is 13.8 Å². The average molecular weight is 344 g/mol. The molecule has 0 aliphatic heterocycles. The van der Waals surface area contributed by atoms with Crippen LogP contribution >= 0.6 is 11.8 Å². The second-order valence-corrected chi connectivity index (χ2v) is 7.01. The summed E-state index contributed by atoms with van der Waals surface area (Å²) in [5.41, 5.74) is 1.78. The fourth-order valence-electron chi connectivity index (χ4n) is 2.05. The summed E-state index contributed by atoms with van der Waals surface area (Å²) in [6.45, 7) is 6.27. The van der Waals surface area contributed by atoms with E-state index < -0.39 is 5.97 Å². The smallest absolute Gasteiger partial charge is 0.354 e. The Morgan fingerprint density at radius 2 is 2.04 bits per heavy atom. The molecule has 1 amide bonds. The Balaban J connectivity index is 2.14. The van der Waals surface area contributed by atoms with Crippen LogP contribution in [0.4, 0.5) is 5.69 Å². The van der Waals surface area contributed by atoms with Crippen LogP contribution in [0.2, 0.25) is 0 Å². The van der Waals surface area contributed by atoms with E-state index in [1.807, 2.05) is 25.1 Å². The van der Waals surface area contributed by atoms with Gasteiger partial charge in [0.15, 0.2) is 0 Å². The van der Waals surface area contributed by atoms with Gasteiger partial charge in [-0.3, -0.25) is 4.79 Å². The Kier molecular flexibility index (Phi) is 5.98. The van der Waals surface area contributed by atoms with Crippen molar-refractivity contribution < 1.29 is 14.7 Å². The molecule has 5 nitrogen and oxygen atoms in total. The van der Waals surface area contributed by atoms with E-state index in [0.717, 1.165) is 16.9 Å². The molecule has 1 heterocycles. The quantitative estimate of drug-likeness (QED) is 0.767. The standard InChI is InChI=1S/C18H20N2O3S/c1-4-12(3)24-14-5-6-15(11(2)9-14)20-17(21)13-7-8-19-16(10-13)18(22)23/h5-10,12H,4H2,1-3H3,(H,20,21)(H,22,23). The minimum Gasteiger partial charge on any atom is -0.477 e. The Hall–Kier alpha value is -2.34. The molecule has 0 fully saturated rings. The zero-order valence-corrected chi connectivity index (χ0v) is 14.7. The van der Waals surface area contributed by atoms with E-state index in [4.69, 9.17) is 5.11 Å². The number of carboxylic acid groups (broad SMARTS) is 1. The number of nitrogens with zero attached hydrogens (tertiary/aromatic N) is 1. The monoisotopic (exact) mass is 344 g/mol. The highest BCUT2D eigenvalue weighted by atomic mass is 32.2. The molecule has 24 heavy (non-hydrogen) atoms. The summed E-state index contributed by atoms with van der Waals surface area (Å²) >= 11 is 1.80. The lowest BCUT2D eigenvalue weighted by Gasteiger charge is -2.12. The Morgan fingerprint density at radius 3 is 2.67 bits per heavy atom. The van der Waals surface area contributed by atoms with Crippen molar-refractivity contribution in [2.45, 2.75) is 37.3 Å². The first-order valence-corrected chi connectivity index (χ1v) is 8.56. The summed E-state index contributed by atoms with van der Waals surface area (Å²) in [4.78, 5) is 28.1. The van der Waals surface area contributed by atoms with E-state index in [1.54, 1.807) is 11.8 Å². The number of carbonyl (C=O) groups excluding carboxylic acids is 1. The lowest BCUT2D eigenvalue weighted by atomic mass is 10.1. The van der Waals surface area contributed by atoms with Crippen molar-refractivity contribution >= 4 is 29.3 Å². The number of anilines is 1. The largest absolute Gasteiger partial charge is 0.477 e. The molecule has 2 rings (SSSR count). The molecule has 1 aromatic carbocycles. The highest BCUT2D eigenvalue weighted by Gasteiger charge is 2.12. The molecule has 1 aromatic heterocycles. The number of thioether (sulfide) groups is 1. The van der Waals surface area contributed by atoms with Gasteiger partial charge in [0.05, 0.1) is 0 Å². The van der Waals surface area contributed by atoms with Gasteiger partial charge in [0.1, 0.15) is 5.69 Å². The van der Waals surface area contributed by atoms with E-state index in [9.17, 15) is 9.59 Å². The summed E-state index contributed by atoms with van der Waals surface area (Å²) in [6, 6.07) is 8.65. The molecule has 2 N–H and O–H groups in total. The molecular formula is C18H20N2O3S. The van der Waals surface area contributed by atoms with Gasteiger partial charge in [0.25, 0.3) is 5.91 Å².